The molecule has 0 heterocycles. The highest BCUT2D eigenvalue weighted by Crippen LogP contribution is 2.31. The van der Waals surface area contributed by atoms with Crippen molar-refractivity contribution in [1.82, 2.24) is 0 Å². The molecule has 8 rings (SSSR count). The summed E-state index contributed by atoms with van der Waals surface area (Å²) in [7, 11) is 0. The second-order valence-corrected chi connectivity index (χ2v) is 29.6. The van der Waals surface area contributed by atoms with Crippen molar-refractivity contribution in [1.29, 1.82) is 0 Å². The van der Waals surface area contributed by atoms with Crippen molar-refractivity contribution >= 4 is 11.6 Å². The lowest BCUT2D eigenvalue weighted by atomic mass is 9.87. The first-order chi connectivity index (χ1) is 48.7. The summed E-state index contributed by atoms with van der Waals surface area (Å²) in [6, 6.07) is 58.7. The molecule has 0 fully saturated rings. The number of ether oxygens (including phenoxy) is 8. The summed E-state index contributed by atoms with van der Waals surface area (Å²) in [6.07, 6.45) is -2.31. The Bertz CT molecular complexity index is 3390. The number of alkyl halides is 3. The summed E-state index contributed by atoms with van der Waals surface area (Å²) in [5, 5.41) is 0.792. The van der Waals surface area contributed by atoms with E-state index in [1.807, 2.05) is 119 Å². The van der Waals surface area contributed by atoms with Gasteiger partial charge >= 0.3 is 6.18 Å². The number of benzene rings is 8. The molecule has 0 aliphatic rings. The van der Waals surface area contributed by atoms with Gasteiger partial charge in [-0.15, -0.1) is 0 Å². The first-order valence-electron chi connectivity index (χ1n) is 36.6. The summed E-state index contributed by atoms with van der Waals surface area (Å²) in [5.74, 6) is -0.208. The van der Waals surface area contributed by atoms with Gasteiger partial charge in [-0.3, -0.25) is 0 Å². The molecular formula is C91H129ClF4O8. The molecule has 0 amide bonds. The van der Waals surface area contributed by atoms with Crippen molar-refractivity contribution < 1.29 is 55.5 Å². The van der Waals surface area contributed by atoms with Crippen LogP contribution < -0.4 is 0 Å². The van der Waals surface area contributed by atoms with Crippen LogP contribution in [0.4, 0.5) is 17.6 Å². The Morgan fingerprint density at radius 2 is 0.625 bits per heavy atom. The van der Waals surface area contributed by atoms with Crippen LogP contribution in [0.15, 0.2) is 182 Å². The van der Waals surface area contributed by atoms with E-state index in [4.69, 9.17) is 49.5 Å². The summed E-state index contributed by atoms with van der Waals surface area (Å²) < 4.78 is 93.7. The predicted molar refractivity (Wildman–Crippen MR) is 428 cm³/mol. The number of hydrogen-bond donors (Lipinski definition) is 0. The third-order valence-electron chi connectivity index (χ3n) is 14.6. The van der Waals surface area contributed by atoms with Crippen molar-refractivity contribution in [3.8, 4) is 0 Å². The van der Waals surface area contributed by atoms with Crippen LogP contribution in [0.1, 0.15) is 221 Å². The molecule has 0 bridgehead atoms. The summed E-state index contributed by atoms with van der Waals surface area (Å²) >= 11 is 6.03. The molecule has 0 radical (unpaired) electrons. The van der Waals surface area contributed by atoms with Gasteiger partial charge in [0.25, 0.3) is 0 Å². The Labute approximate surface area is 631 Å². The van der Waals surface area contributed by atoms with E-state index in [1.54, 1.807) is 19.1 Å². The normalized spacial score (nSPS) is 11.1. The number of halogens is 5. The molecule has 8 nitrogen and oxygen atoms in total. The molecule has 13 heteroatoms. The summed E-state index contributed by atoms with van der Waals surface area (Å²) in [5.41, 5.74) is 16.7. The van der Waals surface area contributed by atoms with E-state index in [0.29, 0.717) is 61.5 Å². The smallest absolute Gasteiger partial charge is 0.374 e. The fourth-order valence-corrected chi connectivity index (χ4v) is 9.05. The molecule has 104 heavy (non-hydrogen) atoms. The monoisotopic (exact) mass is 1460 g/mol. The molecule has 0 aliphatic carbocycles. The van der Waals surface area contributed by atoms with Gasteiger partial charge in [-0.25, -0.2) is 4.39 Å². The molecule has 0 N–H and O–H groups in total. The highest BCUT2D eigenvalue weighted by molar-refractivity contribution is 6.31. The Morgan fingerprint density at radius 1 is 0.288 bits per heavy atom. The molecule has 0 spiro atoms. The Morgan fingerprint density at radius 3 is 1.03 bits per heavy atom. The van der Waals surface area contributed by atoms with Gasteiger partial charge in [-0.1, -0.05) is 206 Å². The first-order valence-corrected chi connectivity index (χ1v) is 37.0. The van der Waals surface area contributed by atoms with E-state index in [2.05, 4.69) is 193 Å². The van der Waals surface area contributed by atoms with Crippen LogP contribution in [0.3, 0.4) is 0 Å². The second kappa shape index (κ2) is 52.4. The van der Waals surface area contributed by atoms with Crippen molar-refractivity contribution in [3.05, 3.63) is 282 Å². The maximum atomic E-state index is 12.6. The zero-order chi connectivity index (χ0) is 78.5. The molecule has 8 aromatic carbocycles. The van der Waals surface area contributed by atoms with E-state index in [0.717, 1.165) is 54.7 Å². The van der Waals surface area contributed by atoms with E-state index in [-0.39, 0.29) is 36.2 Å². The molecular weight excluding hydrogens is 1330 g/mol. The Hall–Kier alpha value is -6.55. The lowest BCUT2D eigenvalue weighted by Crippen LogP contribution is -2.11. The minimum Gasteiger partial charge on any atom is -0.374 e. The minimum atomic E-state index is -4.29. The molecule has 0 saturated heterocycles. The maximum absolute atomic E-state index is 12.6. The number of aryl methyl sites for hydroxylation is 6. The van der Waals surface area contributed by atoms with Crippen molar-refractivity contribution in [2.75, 3.05) is 0 Å². The standard InChI is InChI=1S/C14H22O.C12H15F3O.C12H18O.C11H15ClO.2C11H16O.C10H13FO.C10H14O/c1-11(2)15-10-12-6-8-13(9-7-12)14(3,4)5;1-8(2)16-7-10-4-9(3)5-11(6-10)12(13,14)15;1-9(2)13-8-12-6-5-10(3)7-11(12)4;1-8(2)13-7-10-5-4-9(3)6-11(10)12;1-9(2)12-8-11-6-4-10(3)5-7-11;1-9(2)12-8-11-6-4-5-10(3)7-11;1-8(2)12-7-9-4-3-5-10(11)6-9;1-9(2)11-8-10-6-4-3-5-7-10/h6-9,11H,10H2,1-5H3;4-6,8H,7H2,1-3H3;5-7,9H,8H2,1-4H3;4-6,8H,7H2,1-3H3;2*4-7,9H,8H2,1-3H3;3-6,8H,7H2,1-2H3;3-7,9H,8H2,1-2H3. The van der Waals surface area contributed by atoms with Crippen LogP contribution in [0.25, 0.3) is 0 Å². The second-order valence-electron chi connectivity index (χ2n) is 29.1. The third-order valence-corrected chi connectivity index (χ3v) is 14.9. The molecule has 0 saturated carbocycles. The van der Waals surface area contributed by atoms with Crippen LogP contribution >= 0.6 is 11.6 Å². The van der Waals surface area contributed by atoms with E-state index in [1.165, 1.54) is 73.3 Å². The highest BCUT2D eigenvalue weighted by atomic mass is 35.5. The van der Waals surface area contributed by atoms with Crippen molar-refractivity contribution in [2.45, 2.75) is 286 Å². The average molecular weight is 1460 g/mol. The van der Waals surface area contributed by atoms with Gasteiger partial charge in [0.1, 0.15) is 5.82 Å². The van der Waals surface area contributed by atoms with Gasteiger partial charge in [0.15, 0.2) is 0 Å². The van der Waals surface area contributed by atoms with Gasteiger partial charge in [0, 0.05) is 5.02 Å². The largest absolute Gasteiger partial charge is 0.416 e. The Balaban J connectivity index is 0.000000596. The van der Waals surface area contributed by atoms with Crippen LogP contribution in [0.2, 0.25) is 5.02 Å². The third kappa shape index (κ3) is 49.3. The minimum absolute atomic E-state index is 0.00912. The van der Waals surface area contributed by atoms with E-state index < -0.39 is 11.7 Å². The molecule has 0 aromatic heterocycles. The van der Waals surface area contributed by atoms with E-state index >= 15 is 0 Å². The lowest BCUT2D eigenvalue weighted by molar-refractivity contribution is -0.137. The van der Waals surface area contributed by atoms with Gasteiger partial charge < -0.3 is 37.9 Å². The number of rotatable bonds is 24. The molecule has 0 atom stereocenters. The molecule has 8 aromatic rings. The van der Waals surface area contributed by atoms with Crippen LogP contribution in [0.5, 0.6) is 0 Å². The lowest BCUT2D eigenvalue weighted by Gasteiger charge is -2.19. The Kier molecular flexibility index (Phi) is 48.1. The van der Waals surface area contributed by atoms with Gasteiger partial charge in [-0.2, -0.15) is 13.2 Å². The molecule has 0 unspecified atom stereocenters. The van der Waals surface area contributed by atoms with Gasteiger partial charge in [-0.05, 0) is 249 Å². The SMILES string of the molecule is CC(C)OCc1ccc(C(C)(C)C)cc1.CC(C)OCc1cccc(F)c1.CC(C)OCc1ccccc1.Cc1cc(COC(C)C)cc(C(F)(F)F)c1.Cc1ccc(COC(C)C)c(C)c1.Cc1ccc(COC(C)C)c(Cl)c1.Cc1ccc(COC(C)C)cc1.Cc1cccc(COC(C)C)c1. The van der Waals surface area contributed by atoms with Gasteiger partial charge in [0.2, 0.25) is 0 Å². The van der Waals surface area contributed by atoms with Crippen molar-refractivity contribution in [3.63, 3.8) is 0 Å². The summed E-state index contributed by atoms with van der Waals surface area (Å²) in [6.45, 7) is 55.8. The fraction of sp³-hybridized carbons (Fsp3) is 0.473. The average Bonchev–Trinajstić information content (AvgIpc) is 0.801. The zero-order valence-corrected chi connectivity index (χ0v) is 68.5. The topological polar surface area (TPSA) is 73.8 Å². The molecule has 576 valence electrons. The van der Waals surface area contributed by atoms with Crippen LogP contribution in [-0.4, -0.2) is 48.8 Å². The quantitative estimate of drug-likeness (QED) is 0.0554. The number of hydrogen-bond acceptors (Lipinski definition) is 8. The fourth-order valence-electron chi connectivity index (χ4n) is 8.77. The van der Waals surface area contributed by atoms with Gasteiger partial charge in [0.05, 0.1) is 107 Å². The van der Waals surface area contributed by atoms with E-state index in [9.17, 15) is 17.6 Å². The maximum Gasteiger partial charge on any atom is 0.416 e. The van der Waals surface area contributed by atoms with Crippen molar-refractivity contribution in [2.24, 2.45) is 0 Å². The first kappa shape index (κ1) is 95.5. The zero-order valence-electron chi connectivity index (χ0n) is 67.8. The predicted octanol–water partition coefficient (Wildman–Crippen LogP) is 25.9. The van der Waals surface area contributed by atoms with Crippen LogP contribution in [0, 0.1) is 47.4 Å². The van der Waals surface area contributed by atoms with Crippen LogP contribution in [-0.2, 0) is 102 Å². The molecule has 0 aliphatic heterocycles. The highest BCUT2D eigenvalue weighted by Gasteiger charge is 2.31. The summed E-state index contributed by atoms with van der Waals surface area (Å²) in [4.78, 5) is 0.